The van der Waals surface area contributed by atoms with Crippen molar-refractivity contribution in [1.82, 2.24) is 15.6 Å². The zero-order valence-electron chi connectivity index (χ0n) is 17.1. The van der Waals surface area contributed by atoms with Crippen molar-refractivity contribution in [2.75, 3.05) is 5.32 Å². The number of anilines is 1. The molecule has 1 unspecified atom stereocenters. The second-order valence-electron chi connectivity index (χ2n) is 7.09. The third-order valence-electron chi connectivity index (χ3n) is 4.71. The van der Waals surface area contributed by atoms with E-state index in [1.165, 1.54) is 5.57 Å². The monoisotopic (exact) mass is 389 g/mol. The van der Waals surface area contributed by atoms with E-state index >= 15 is 0 Å². The van der Waals surface area contributed by atoms with Gasteiger partial charge in [-0.05, 0) is 55.2 Å². The fourth-order valence-electron chi connectivity index (χ4n) is 2.97. The number of aryl methyl sites for hydroxylation is 1. The van der Waals surface area contributed by atoms with Crippen LogP contribution in [0, 0.1) is 6.92 Å². The van der Waals surface area contributed by atoms with Crippen LogP contribution in [-0.2, 0) is 0 Å². The Morgan fingerprint density at radius 2 is 2.10 bits per heavy atom. The molecule has 1 amide bonds. The van der Waals surface area contributed by atoms with E-state index < -0.39 is 0 Å². The lowest BCUT2D eigenvalue weighted by molar-refractivity contribution is 0.102. The first-order valence-corrected chi connectivity index (χ1v) is 9.80. The van der Waals surface area contributed by atoms with E-state index in [1.54, 1.807) is 12.4 Å². The van der Waals surface area contributed by atoms with Crippen molar-refractivity contribution in [3.05, 3.63) is 83.6 Å². The van der Waals surface area contributed by atoms with Crippen LogP contribution in [0.1, 0.15) is 54.2 Å². The summed E-state index contributed by atoms with van der Waals surface area (Å²) in [6.07, 6.45) is 10.9. The SMILES string of the molecule is CCC1=CN=C(NC=CNC(C)c2cccc(NC(=O)c3cncc(C)c3)c2)C1. The molecule has 6 nitrogen and oxygen atoms in total. The summed E-state index contributed by atoms with van der Waals surface area (Å²) in [4.78, 5) is 20.9. The Morgan fingerprint density at radius 1 is 1.24 bits per heavy atom. The first kappa shape index (κ1) is 20.3. The summed E-state index contributed by atoms with van der Waals surface area (Å²) in [6, 6.07) is 9.72. The van der Waals surface area contributed by atoms with Gasteiger partial charge in [-0.2, -0.15) is 0 Å². The predicted octanol–water partition coefficient (Wildman–Crippen LogP) is 4.45. The first-order valence-electron chi connectivity index (χ1n) is 9.80. The highest BCUT2D eigenvalue weighted by atomic mass is 16.1. The minimum absolute atomic E-state index is 0.0837. The summed E-state index contributed by atoms with van der Waals surface area (Å²) >= 11 is 0. The van der Waals surface area contributed by atoms with Crippen LogP contribution in [0.25, 0.3) is 0 Å². The third-order valence-corrected chi connectivity index (χ3v) is 4.71. The number of aromatic nitrogens is 1. The van der Waals surface area contributed by atoms with Crippen molar-refractivity contribution >= 4 is 17.4 Å². The number of amidine groups is 1. The highest BCUT2D eigenvalue weighted by Gasteiger charge is 2.09. The summed E-state index contributed by atoms with van der Waals surface area (Å²) < 4.78 is 0. The molecule has 1 aliphatic heterocycles. The lowest BCUT2D eigenvalue weighted by atomic mass is 10.1. The van der Waals surface area contributed by atoms with Crippen molar-refractivity contribution in [2.24, 2.45) is 4.99 Å². The molecule has 1 aliphatic rings. The number of amides is 1. The van der Waals surface area contributed by atoms with Crippen LogP contribution in [-0.4, -0.2) is 16.7 Å². The summed E-state index contributed by atoms with van der Waals surface area (Å²) in [5.41, 5.74) is 4.66. The Kier molecular flexibility index (Phi) is 6.79. The van der Waals surface area contributed by atoms with Crippen LogP contribution in [0.4, 0.5) is 5.69 Å². The highest BCUT2D eigenvalue weighted by molar-refractivity contribution is 6.04. The van der Waals surface area contributed by atoms with Gasteiger partial charge in [0.05, 0.1) is 5.56 Å². The van der Waals surface area contributed by atoms with Gasteiger partial charge in [-0.3, -0.25) is 9.78 Å². The minimum atomic E-state index is -0.166. The Bertz CT molecular complexity index is 961. The zero-order chi connectivity index (χ0) is 20.6. The number of hydrogen-bond donors (Lipinski definition) is 3. The molecule has 0 aliphatic carbocycles. The quantitative estimate of drug-likeness (QED) is 0.654. The zero-order valence-corrected chi connectivity index (χ0v) is 17.1. The van der Waals surface area contributed by atoms with Crippen molar-refractivity contribution in [3.63, 3.8) is 0 Å². The topological polar surface area (TPSA) is 78.4 Å². The lowest BCUT2D eigenvalue weighted by Crippen LogP contribution is -2.18. The molecule has 150 valence electrons. The van der Waals surface area contributed by atoms with E-state index in [0.29, 0.717) is 5.56 Å². The molecule has 0 spiro atoms. The molecule has 1 aromatic carbocycles. The second-order valence-corrected chi connectivity index (χ2v) is 7.09. The smallest absolute Gasteiger partial charge is 0.257 e. The molecular weight excluding hydrogens is 362 g/mol. The van der Waals surface area contributed by atoms with Crippen LogP contribution in [0.2, 0.25) is 0 Å². The van der Waals surface area contributed by atoms with E-state index in [2.05, 4.69) is 39.8 Å². The Hall–Kier alpha value is -3.41. The standard InChI is InChI=1S/C23H27N5O/c1-4-18-11-22(27-14-18)26-9-8-25-17(3)19-6-5-7-21(12-19)28-23(29)20-10-16(2)13-24-15-20/h5-10,12-15,17,25H,4,11H2,1-3H3,(H,26,27)(H,28,29). The van der Waals surface area contributed by atoms with E-state index in [-0.39, 0.29) is 11.9 Å². The maximum Gasteiger partial charge on any atom is 0.257 e. The van der Waals surface area contributed by atoms with Crippen LogP contribution < -0.4 is 16.0 Å². The minimum Gasteiger partial charge on any atom is -0.383 e. The van der Waals surface area contributed by atoms with E-state index in [9.17, 15) is 4.79 Å². The Balaban J connectivity index is 1.53. The number of nitrogens with one attached hydrogen (secondary N) is 3. The summed E-state index contributed by atoms with van der Waals surface area (Å²) in [7, 11) is 0. The molecule has 3 rings (SSSR count). The summed E-state index contributed by atoms with van der Waals surface area (Å²) in [6.45, 7) is 6.12. The molecule has 2 aromatic rings. The number of hydrogen-bond acceptors (Lipinski definition) is 5. The van der Waals surface area contributed by atoms with E-state index in [0.717, 1.165) is 35.5 Å². The highest BCUT2D eigenvalue weighted by Crippen LogP contribution is 2.18. The maximum absolute atomic E-state index is 12.4. The molecule has 0 saturated carbocycles. The van der Waals surface area contributed by atoms with Crippen molar-refractivity contribution in [2.45, 2.75) is 39.7 Å². The van der Waals surface area contributed by atoms with Gasteiger partial charge in [0.2, 0.25) is 0 Å². The predicted molar refractivity (Wildman–Crippen MR) is 118 cm³/mol. The summed E-state index contributed by atoms with van der Waals surface area (Å²) in [5.74, 6) is 0.795. The lowest BCUT2D eigenvalue weighted by Gasteiger charge is -2.14. The molecule has 1 aromatic heterocycles. The fraction of sp³-hybridized carbons (Fsp3) is 0.261. The number of carbonyl (C=O) groups is 1. The van der Waals surface area contributed by atoms with Gasteiger partial charge in [-0.25, -0.2) is 4.99 Å². The molecule has 0 fully saturated rings. The van der Waals surface area contributed by atoms with Crippen molar-refractivity contribution in [3.8, 4) is 0 Å². The number of aliphatic imine (C=N–C) groups is 1. The van der Waals surface area contributed by atoms with Crippen LogP contribution in [0.5, 0.6) is 0 Å². The number of pyridine rings is 1. The van der Waals surface area contributed by atoms with Gasteiger partial charge in [-0.1, -0.05) is 19.1 Å². The number of carbonyl (C=O) groups excluding carboxylic acids is 1. The fourth-order valence-corrected chi connectivity index (χ4v) is 2.97. The molecule has 0 radical (unpaired) electrons. The van der Waals surface area contributed by atoms with Crippen molar-refractivity contribution in [1.29, 1.82) is 0 Å². The van der Waals surface area contributed by atoms with Gasteiger partial charge in [0.15, 0.2) is 0 Å². The van der Waals surface area contributed by atoms with Crippen molar-refractivity contribution < 1.29 is 4.79 Å². The molecule has 6 heteroatoms. The molecule has 2 heterocycles. The first-order chi connectivity index (χ1) is 14.0. The largest absolute Gasteiger partial charge is 0.383 e. The van der Waals surface area contributed by atoms with Crippen LogP contribution in [0.3, 0.4) is 0 Å². The van der Waals surface area contributed by atoms with E-state index in [1.807, 2.05) is 55.9 Å². The third kappa shape index (κ3) is 5.78. The molecular formula is C23H27N5O. The van der Waals surface area contributed by atoms with Gasteiger partial charge >= 0.3 is 0 Å². The van der Waals surface area contributed by atoms with E-state index in [4.69, 9.17) is 0 Å². The Morgan fingerprint density at radius 3 is 2.86 bits per heavy atom. The number of benzene rings is 1. The second kappa shape index (κ2) is 9.68. The normalized spacial score (nSPS) is 14.3. The van der Waals surface area contributed by atoms with Gasteiger partial charge in [0.25, 0.3) is 5.91 Å². The van der Waals surface area contributed by atoms with Gasteiger partial charge in [-0.15, -0.1) is 0 Å². The molecule has 0 saturated heterocycles. The summed E-state index contributed by atoms with van der Waals surface area (Å²) in [5, 5.41) is 9.47. The van der Waals surface area contributed by atoms with Gasteiger partial charge < -0.3 is 16.0 Å². The molecule has 1 atom stereocenters. The maximum atomic E-state index is 12.4. The van der Waals surface area contributed by atoms with Crippen LogP contribution in [0.15, 0.2) is 71.9 Å². The average Bonchev–Trinajstić information content (AvgIpc) is 3.19. The van der Waals surface area contributed by atoms with Gasteiger partial charge in [0, 0.05) is 49.1 Å². The van der Waals surface area contributed by atoms with Crippen LogP contribution >= 0.6 is 0 Å². The average molecular weight is 390 g/mol. The Labute approximate surface area is 171 Å². The molecule has 3 N–H and O–H groups in total. The van der Waals surface area contributed by atoms with Gasteiger partial charge in [0.1, 0.15) is 5.84 Å². The number of nitrogens with zero attached hydrogens (tertiary/aromatic N) is 2. The molecule has 0 bridgehead atoms. The number of rotatable bonds is 7. The molecule has 29 heavy (non-hydrogen) atoms.